The van der Waals surface area contributed by atoms with Crippen LogP contribution in [0, 0.1) is 0 Å². The Morgan fingerprint density at radius 1 is 1.40 bits per heavy atom. The van der Waals surface area contributed by atoms with Crippen LogP contribution in [0.2, 0.25) is 0 Å². The van der Waals surface area contributed by atoms with Crippen LogP contribution in [0.25, 0.3) is 0 Å². The van der Waals surface area contributed by atoms with E-state index in [1.54, 1.807) is 0 Å². The molecule has 6 heteroatoms. The lowest BCUT2D eigenvalue weighted by atomic mass is 9.96. The average Bonchev–Trinajstić information content (AvgIpc) is 2.65. The van der Waals surface area contributed by atoms with Crippen LogP contribution in [0.15, 0.2) is 6.20 Å². The fourth-order valence-electron chi connectivity index (χ4n) is 1.91. The van der Waals surface area contributed by atoms with Gasteiger partial charge in [-0.1, -0.05) is 0 Å². The van der Waals surface area contributed by atoms with Gasteiger partial charge in [-0.15, -0.1) is 0 Å². The van der Waals surface area contributed by atoms with Crippen molar-refractivity contribution < 1.29 is 13.2 Å². The van der Waals surface area contributed by atoms with Crippen LogP contribution in [0.1, 0.15) is 34.8 Å². The van der Waals surface area contributed by atoms with Gasteiger partial charge in [-0.05, 0) is 12.8 Å². The van der Waals surface area contributed by atoms with Gasteiger partial charge in [0.2, 0.25) is 0 Å². The molecule has 1 fully saturated rings. The van der Waals surface area contributed by atoms with Crippen LogP contribution in [0.5, 0.6) is 0 Å². The Bertz CT molecular complexity index is 449. The van der Waals surface area contributed by atoms with Crippen molar-refractivity contribution >= 4 is 16.1 Å². The molecule has 1 aliphatic rings. The van der Waals surface area contributed by atoms with Gasteiger partial charge in [0.1, 0.15) is 9.84 Å². The number of H-pyrrole nitrogens is 1. The number of hydrogen-bond donors (Lipinski definition) is 1. The lowest BCUT2D eigenvalue weighted by Crippen LogP contribution is -2.22. The van der Waals surface area contributed by atoms with Crippen molar-refractivity contribution in [1.82, 2.24) is 10.2 Å². The summed E-state index contributed by atoms with van der Waals surface area (Å²) >= 11 is 0. The summed E-state index contributed by atoms with van der Waals surface area (Å²) in [7, 11) is -2.85. The predicted molar refractivity (Wildman–Crippen MR) is 54.6 cm³/mol. The van der Waals surface area contributed by atoms with Gasteiger partial charge in [0.15, 0.2) is 6.29 Å². The van der Waals surface area contributed by atoms with Gasteiger partial charge in [-0.25, -0.2) is 8.42 Å². The van der Waals surface area contributed by atoms with Crippen LogP contribution >= 0.6 is 0 Å². The topological polar surface area (TPSA) is 79.9 Å². The van der Waals surface area contributed by atoms with E-state index in [0.29, 0.717) is 18.4 Å². The fourth-order valence-corrected chi connectivity index (χ4v) is 3.40. The van der Waals surface area contributed by atoms with E-state index in [2.05, 4.69) is 10.2 Å². The minimum Gasteiger partial charge on any atom is -0.298 e. The number of nitrogens with one attached hydrogen (secondary N) is 1. The number of carbonyl (C=O) groups is 1. The lowest BCUT2D eigenvalue weighted by molar-refractivity contribution is 0.112. The summed E-state index contributed by atoms with van der Waals surface area (Å²) in [5.41, 5.74) is 1.32. The zero-order valence-corrected chi connectivity index (χ0v) is 8.96. The maximum Gasteiger partial charge on any atom is 0.153 e. The maximum atomic E-state index is 11.2. The third-order valence-electron chi connectivity index (χ3n) is 2.79. The van der Waals surface area contributed by atoms with Crippen molar-refractivity contribution in [2.75, 3.05) is 11.5 Å². The maximum absolute atomic E-state index is 11.2. The Labute approximate surface area is 87.8 Å². The highest BCUT2D eigenvalue weighted by atomic mass is 32.2. The molecule has 1 N–H and O–H groups in total. The van der Waals surface area contributed by atoms with Crippen LogP contribution in [0.3, 0.4) is 0 Å². The molecule has 1 aliphatic heterocycles. The van der Waals surface area contributed by atoms with Crippen LogP contribution < -0.4 is 0 Å². The molecule has 1 aromatic heterocycles. The number of hydrogen-bond acceptors (Lipinski definition) is 4. The molecule has 0 spiro atoms. The van der Waals surface area contributed by atoms with Crippen molar-refractivity contribution in [2.45, 2.75) is 18.8 Å². The van der Waals surface area contributed by atoms with Gasteiger partial charge in [0.05, 0.1) is 23.3 Å². The van der Waals surface area contributed by atoms with E-state index in [1.807, 2.05) is 0 Å². The number of nitrogens with zero attached hydrogens (tertiary/aromatic N) is 1. The number of carbonyl (C=O) groups excluding carboxylic acids is 1. The number of aromatic amines is 1. The SMILES string of the molecule is O=Cc1cn[nH]c1C1CCS(=O)(=O)CC1. The minimum absolute atomic E-state index is 0.122. The first-order chi connectivity index (χ1) is 7.12. The molecule has 1 aromatic rings. The molecule has 0 aliphatic carbocycles. The molecule has 15 heavy (non-hydrogen) atoms. The van der Waals surface area contributed by atoms with Gasteiger partial charge in [-0.2, -0.15) is 5.10 Å². The number of aldehydes is 1. The molecule has 1 saturated heterocycles. The predicted octanol–water partition coefficient (Wildman–Crippen LogP) is 0.514. The largest absolute Gasteiger partial charge is 0.298 e. The second kappa shape index (κ2) is 3.77. The molecule has 0 saturated carbocycles. The molecule has 0 radical (unpaired) electrons. The summed E-state index contributed by atoms with van der Waals surface area (Å²) in [6.07, 6.45) is 3.38. The summed E-state index contributed by atoms with van der Waals surface area (Å²) in [6.45, 7) is 0. The molecule has 0 amide bonds. The van der Waals surface area contributed by atoms with E-state index in [0.717, 1.165) is 12.0 Å². The minimum atomic E-state index is -2.85. The summed E-state index contributed by atoms with van der Waals surface area (Å²) < 4.78 is 22.4. The van der Waals surface area contributed by atoms with E-state index >= 15 is 0 Å². The van der Waals surface area contributed by atoms with Gasteiger partial charge < -0.3 is 0 Å². The number of sulfone groups is 1. The standard InChI is InChI=1S/C9H12N2O3S/c12-6-8-5-10-11-9(8)7-1-3-15(13,14)4-2-7/h5-7H,1-4H2,(H,10,11). The Hall–Kier alpha value is -1.17. The van der Waals surface area contributed by atoms with E-state index < -0.39 is 9.84 Å². The molecule has 82 valence electrons. The molecule has 0 unspecified atom stereocenters. The molecular formula is C9H12N2O3S. The highest BCUT2D eigenvalue weighted by molar-refractivity contribution is 7.91. The zero-order chi connectivity index (χ0) is 10.9. The van der Waals surface area contributed by atoms with Crippen molar-refractivity contribution in [3.8, 4) is 0 Å². The average molecular weight is 228 g/mol. The Morgan fingerprint density at radius 3 is 2.67 bits per heavy atom. The van der Waals surface area contributed by atoms with Gasteiger partial charge in [0, 0.05) is 11.6 Å². The first-order valence-electron chi connectivity index (χ1n) is 4.81. The van der Waals surface area contributed by atoms with E-state index in [1.165, 1.54) is 6.20 Å². The quantitative estimate of drug-likeness (QED) is 0.748. The van der Waals surface area contributed by atoms with Crippen molar-refractivity contribution in [1.29, 1.82) is 0 Å². The van der Waals surface area contributed by atoms with E-state index in [4.69, 9.17) is 0 Å². The second-order valence-corrected chi connectivity index (χ2v) is 6.09. The fraction of sp³-hybridized carbons (Fsp3) is 0.556. The summed E-state index contributed by atoms with van der Waals surface area (Å²) in [5, 5.41) is 6.58. The molecule has 0 bridgehead atoms. The lowest BCUT2D eigenvalue weighted by Gasteiger charge is -2.20. The van der Waals surface area contributed by atoms with Crippen molar-refractivity contribution in [3.05, 3.63) is 17.5 Å². The second-order valence-electron chi connectivity index (χ2n) is 3.78. The van der Waals surface area contributed by atoms with Crippen molar-refractivity contribution in [2.24, 2.45) is 0 Å². The first-order valence-corrected chi connectivity index (χ1v) is 6.63. The van der Waals surface area contributed by atoms with Gasteiger partial charge in [0.25, 0.3) is 0 Å². The summed E-state index contributed by atoms with van der Waals surface area (Å²) in [6, 6.07) is 0. The van der Waals surface area contributed by atoms with Crippen LogP contribution in [-0.4, -0.2) is 36.4 Å². The number of aromatic nitrogens is 2. The third kappa shape index (κ3) is 2.09. The third-order valence-corrected chi connectivity index (χ3v) is 4.50. The Balaban J connectivity index is 2.17. The zero-order valence-electron chi connectivity index (χ0n) is 8.14. The first kappa shape index (κ1) is 10.4. The number of rotatable bonds is 2. The monoisotopic (exact) mass is 228 g/mol. The smallest absolute Gasteiger partial charge is 0.153 e. The molecule has 0 aromatic carbocycles. The molecule has 2 rings (SSSR count). The summed E-state index contributed by atoms with van der Waals surface area (Å²) in [4.78, 5) is 10.7. The van der Waals surface area contributed by atoms with E-state index in [9.17, 15) is 13.2 Å². The van der Waals surface area contributed by atoms with Gasteiger partial charge in [-0.3, -0.25) is 9.89 Å². The molecular weight excluding hydrogens is 216 g/mol. The highest BCUT2D eigenvalue weighted by Gasteiger charge is 2.27. The molecule has 0 atom stereocenters. The Morgan fingerprint density at radius 2 is 2.07 bits per heavy atom. The molecule has 5 nitrogen and oxygen atoms in total. The van der Waals surface area contributed by atoms with Crippen molar-refractivity contribution in [3.63, 3.8) is 0 Å². The van der Waals surface area contributed by atoms with Gasteiger partial charge >= 0.3 is 0 Å². The summed E-state index contributed by atoms with van der Waals surface area (Å²) in [5.74, 6) is 0.528. The molecule has 2 heterocycles. The Kier molecular flexibility index (Phi) is 2.60. The highest BCUT2D eigenvalue weighted by Crippen LogP contribution is 2.29. The van der Waals surface area contributed by atoms with Crippen LogP contribution in [-0.2, 0) is 9.84 Å². The van der Waals surface area contributed by atoms with Crippen LogP contribution in [0.4, 0.5) is 0 Å². The van der Waals surface area contributed by atoms with E-state index in [-0.39, 0.29) is 17.4 Å². The normalized spacial score (nSPS) is 21.3.